The number of fused-ring (bicyclic) bond motifs is 2. The lowest BCUT2D eigenvalue weighted by Gasteiger charge is -2.30. The summed E-state index contributed by atoms with van der Waals surface area (Å²) in [6.07, 6.45) is 0.714. The van der Waals surface area contributed by atoms with Gasteiger partial charge in [-0.25, -0.2) is 0 Å². The molecule has 0 unspecified atom stereocenters. The van der Waals surface area contributed by atoms with Crippen LogP contribution in [0.4, 0.5) is 5.69 Å². The lowest BCUT2D eigenvalue weighted by Crippen LogP contribution is -2.36. The molecule has 2 heterocycles. The van der Waals surface area contributed by atoms with Crippen LogP contribution in [0.5, 0.6) is 5.75 Å². The molecule has 1 aromatic heterocycles. The van der Waals surface area contributed by atoms with E-state index in [0.717, 1.165) is 33.5 Å². The van der Waals surface area contributed by atoms with E-state index in [1.807, 2.05) is 47.4 Å². The Kier molecular flexibility index (Phi) is 4.32. The smallest absolute Gasteiger partial charge is 0.270 e. The topological polar surface area (TPSA) is 74.4 Å². The van der Waals surface area contributed by atoms with Crippen molar-refractivity contribution in [2.75, 3.05) is 19.0 Å². The Morgan fingerprint density at radius 1 is 1.19 bits per heavy atom. The molecule has 27 heavy (non-hydrogen) atoms. The Morgan fingerprint density at radius 2 is 2.04 bits per heavy atom. The summed E-state index contributed by atoms with van der Waals surface area (Å²) < 4.78 is 5.24. The SMILES string of the molecule is COc1ccc2cc(C(=O)N3CCc4c(cccc4NC(C)=O)C3)[nH]c2c1. The van der Waals surface area contributed by atoms with Gasteiger partial charge in [0.2, 0.25) is 5.91 Å². The summed E-state index contributed by atoms with van der Waals surface area (Å²) in [5, 5.41) is 3.85. The number of ether oxygens (including phenoxy) is 1. The molecule has 0 aliphatic carbocycles. The van der Waals surface area contributed by atoms with E-state index >= 15 is 0 Å². The van der Waals surface area contributed by atoms with Gasteiger partial charge in [0.15, 0.2) is 0 Å². The van der Waals surface area contributed by atoms with Crippen LogP contribution in [0, 0.1) is 0 Å². The number of nitrogens with zero attached hydrogens (tertiary/aromatic N) is 1. The van der Waals surface area contributed by atoms with Gasteiger partial charge in [-0.1, -0.05) is 12.1 Å². The second-order valence-electron chi connectivity index (χ2n) is 6.74. The van der Waals surface area contributed by atoms with E-state index in [9.17, 15) is 9.59 Å². The zero-order chi connectivity index (χ0) is 19.0. The van der Waals surface area contributed by atoms with Crippen LogP contribution < -0.4 is 10.1 Å². The van der Waals surface area contributed by atoms with Crippen molar-refractivity contribution in [1.82, 2.24) is 9.88 Å². The Labute approximate surface area is 157 Å². The Balaban J connectivity index is 1.58. The number of aromatic nitrogens is 1. The number of nitrogens with one attached hydrogen (secondary N) is 2. The van der Waals surface area contributed by atoms with Crippen LogP contribution >= 0.6 is 0 Å². The van der Waals surface area contributed by atoms with Crippen molar-refractivity contribution in [2.45, 2.75) is 19.9 Å². The van der Waals surface area contributed by atoms with E-state index in [1.54, 1.807) is 7.11 Å². The number of hydrogen-bond acceptors (Lipinski definition) is 3. The fraction of sp³-hybridized carbons (Fsp3) is 0.238. The molecule has 6 heteroatoms. The van der Waals surface area contributed by atoms with Gasteiger partial charge in [0.1, 0.15) is 11.4 Å². The summed E-state index contributed by atoms with van der Waals surface area (Å²) in [4.78, 5) is 29.4. The van der Waals surface area contributed by atoms with Gasteiger partial charge in [-0.2, -0.15) is 0 Å². The summed E-state index contributed by atoms with van der Waals surface area (Å²) in [5.41, 5.74) is 4.46. The molecule has 0 saturated heterocycles. The van der Waals surface area contributed by atoms with Crippen LogP contribution in [0.1, 0.15) is 28.5 Å². The third-order valence-corrected chi connectivity index (χ3v) is 4.92. The van der Waals surface area contributed by atoms with Crippen molar-refractivity contribution in [3.8, 4) is 5.75 Å². The molecule has 2 N–H and O–H groups in total. The van der Waals surface area contributed by atoms with Crippen LogP contribution in [-0.4, -0.2) is 35.4 Å². The second-order valence-corrected chi connectivity index (χ2v) is 6.74. The minimum Gasteiger partial charge on any atom is -0.497 e. The van der Waals surface area contributed by atoms with Gasteiger partial charge in [0.25, 0.3) is 5.91 Å². The van der Waals surface area contributed by atoms with Gasteiger partial charge < -0.3 is 19.9 Å². The Bertz CT molecular complexity index is 1040. The zero-order valence-corrected chi connectivity index (χ0v) is 15.3. The summed E-state index contributed by atoms with van der Waals surface area (Å²) in [5.74, 6) is 0.636. The zero-order valence-electron chi connectivity index (χ0n) is 15.3. The monoisotopic (exact) mass is 363 g/mol. The number of aromatic amines is 1. The molecule has 0 atom stereocenters. The van der Waals surface area contributed by atoms with E-state index in [-0.39, 0.29) is 11.8 Å². The van der Waals surface area contributed by atoms with Crippen LogP contribution in [0.25, 0.3) is 10.9 Å². The van der Waals surface area contributed by atoms with E-state index in [0.29, 0.717) is 25.2 Å². The number of amides is 2. The molecule has 3 aromatic rings. The normalized spacial score (nSPS) is 13.3. The maximum absolute atomic E-state index is 13.0. The van der Waals surface area contributed by atoms with Crippen molar-refractivity contribution in [3.63, 3.8) is 0 Å². The fourth-order valence-electron chi connectivity index (χ4n) is 3.61. The average Bonchev–Trinajstić information content (AvgIpc) is 3.10. The first kappa shape index (κ1) is 17.1. The standard InChI is InChI=1S/C21H21N3O3/c1-13(25)22-18-5-3-4-15-12-24(9-8-17(15)18)21(26)20-10-14-6-7-16(27-2)11-19(14)23-20/h3-7,10-11,23H,8-9,12H2,1-2H3,(H,22,25). The quantitative estimate of drug-likeness (QED) is 0.749. The first-order valence-electron chi connectivity index (χ1n) is 8.89. The maximum atomic E-state index is 13.0. The third kappa shape index (κ3) is 3.26. The van der Waals surface area contributed by atoms with Gasteiger partial charge >= 0.3 is 0 Å². The summed E-state index contributed by atoms with van der Waals surface area (Å²) >= 11 is 0. The molecule has 2 amide bonds. The highest BCUT2D eigenvalue weighted by Crippen LogP contribution is 2.28. The lowest BCUT2D eigenvalue weighted by atomic mass is 9.97. The Morgan fingerprint density at radius 3 is 2.81 bits per heavy atom. The summed E-state index contributed by atoms with van der Waals surface area (Å²) in [6.45, 7) is 2.64. The maximum Gasteiger partial charge on any atom is 0.270 e. The second kappa shape index (κ2) is 6.79. The van der Waals surface area contributed by atoms with Gasteiger partial charge in [0, 0.05) is 42.7 Å². The minimum absolute atomic E-state index is 0.0271. The molecule has 0 bridgehead atoms. The number of carbonyl (C=O) groups is 2. The average molecular weight is 363 g/mol. The van der Waals surface area contributed by atoms with E-state index < -0.39 is 0 Å². The number of H-pyrrole nitrogens is 1. The number of benzene rings is 2. The number of methoxy groups -OCH3 is 1. The molecule has 0 saturated carbocycles. The van der Waals surface area contributed by atoms with Crippen molar-refractivity contribution >= 4 is 28.4 Å². The van der Waals surface area contributed by atoms with Crippen molar-refractivity contribution in [3.05, 3.63) is 59.3 Å². The van der Waals surface area contributed by atoms with Gasteiger partial charge in [-0.05, 0) is 41.8 Å². The highest BCUT2D eigenvalue weighted by Gasteiger charge is 2.24. The van der Waals surface area contributed by atoms with E-state index in [2.05, 4.69) is 10.3 Å². The van der Waals surface area contributed by atoms with Gasteiger partial charge in [-0.15, -0.1) is 0 Å². The molecule has 138 valence electrons. The number of anilines is 1. The van der Waals surface area contributed by atoms with E-state index in [1.165, 1.54) is 6.92 Å². The largest absolute Gasteiger partial charge is 0.497 e. The predicted octanol–water partition coefficient (Wildman–Crippen LogP) is 3.33. The van der Waals surface area contributed by atoms with Crippen LogP contribution in [0.3, 0.4) is 0 Å². The molecule has 6 nitrogen and oxygen atoms in total. The lowest BCUT2D eigenvalue weighted by molar-refractivity contribution is -0.114. The minimum atomic E-state index is -0.0876. The van der Waals surface area contributed by atoms with E-state index in [4.69, 9.17) is 4.74 Å². The van der Waals surface area contributed by atoms with Crippen LogP contribution in [0.2, 0.25) is 0 Å². The van der Waals surface area contributed by atoms with Crippen LogP contribution in [0.15, 0.2) is 42.5 Å². The highest BCUT2D eigenvalue weighted by atomic mass is 16.5. The molecule has 0 fully saturated rings. The molecule has 1 aliphatic heterocycles. The molecular formula is C21H21N3O3. The van der Waals surface area contributed by atoms with Crippen molar-refractivity contribution < 1.29 is 14.3 Å². The third-order valence-electron chi connectivity index (χ3n) is 4.92. The van der Waals surface area contributed by atoms with Crippen LogP contribution in [-0.2, 0) is 17.8 Å². The molecule has 0 spiro atoms. The fourth-order valence-corrected chi connectivity index (χ4v) is 3.61. The first-order valence-corrected chi connectivity index (χ1v) is 8.89. The summed E-state index contributed by atoms with van der Waals surface area (Å²) in [6, 6.07) is 13.4. The van der Waals surface area contributed by atoms with Crippen molar-refractivity contribution in [2.24, 2.45) is 0 Å². The number of hydrogen-bond donors (Lipinski definition) is 2. The predicted molar refractivity (Wildman–Crippen MR) is 104 cm³/mol. The Hall–Kier alpha value is -3.28. The molecule has 2 aromatic carbocycles. The molecule has 1 aliphatic rings. The molecule has 0 radical (unpaired) electrons. The first-order chi connectivity index (χ1) is 13.0. The molecule has 4 rings (SSSR count). The number of rotatable bonds is 3. The van der Waals surface area contributed by atoms with Gasteiger partial charge in [-0.3, -0.25) is 9.59 Å². The molecular weight excluding hydrogens is 342 g/mol. The number of carbonyl (C=O) groups excluding carboxylic acids is 2. The van der Waals surface area contributed by atoms with Gasteiger partial charge in [0.05, 0.1) is 7.11 Å². The summed E-state index contributed by atoms with van der Waals surface area (Å²) in [7, 11) is 1.62. The highest BCUT2D eigenvalue weighted by molar-refractivity contribution is 5.98. The van der Waals surface area contributed by atoms with Crippen molar-refractivity contribution in [1.29, 1.82) is 0 Å².